The first-order valence-electron chi connectivity index (χ1n) is 10.3. The van der Waals surface area contributed by atoms with Crippen LogP contribution in [0.15, 0.2) is 12.3 Å². The number of esters is 1. The maximum atomic E-state index is 12.0. The summed E-state index contributed by atoms with van der Waals surface area (Å²) < 4.78 is 10.8. The molecule has 2 aromatic heterocycles. The Hall–Kier alpha value is -1.95. The van der Waals surface area contributed by atoms with Gasteiger partial charge in [0.1, 0.15) is 22.3 Å². The number of carbonyl (C=O) groups is 1. The van der Waals surface area contributed by atoms with Crippen molar-refractivity contribution in [3.05, 3.63) is 23.0 Å². The van der Waals surface area contributed by atoms with E-state index in [1.807, 2.05) is 33.1 Å². The Morgan fingerprint density at radius 1 is 1.29 bits per heavy atom. The molecule has 0 aromatic carbocycles. The van der Waals surface area contributed by atoms with Gasteiger partial charge in [0.15, 0.2) is 5.13 Å². The second-order valence-electron chi connectivity index (χ2n) is 7.41. The minimum atomic E-state index is -0.364. The van der Waals surface area contributed by atoms with Crippen molar-refractivity contribution in [1.29, 1.82) is 0 Å². The number of rotatable bonds is 10. The Morgan fingerprint density at radius 2 is 2.06 bits per heavy atom. The molecule has 11 heteroatoms. The van der Waals surface area contributed by atoms with E-state index in [-0.39, 0.29) is 12.1 Å². The summed E-state index contributed by atoms with van der Waals surface area (Å²) >= 11 is 2.94. The van der Waals surface area contributed by atoms with Crippen LogP contribution < -0.4 is 10.2 Å². The summed E-state index contributed by atoms with van der Waals surface area (Å²) in [7, 11) is 0. The molecule has 1 saturated heterocycles. The van der Waals surface area contributed by atoms with Gasteiger partial charge in [0.05, 0.1) is 24.8 Å². The molecule has 0 unspecified atom stereocenters. The van der Waals surface area contributed by atoms with Crippen molar-refractivity contribution in [2.45, 2.75) is 26.9 Å². The van der Waals surface area contributed by atoms with Crippen LogP contribution in [0, 0.1) is 6.92 Å². The normalized spacial score (nSPS) is 14.8. The number of ether oxygens (including phenoxy) is 2. The van der Waals surface area contributed by atoms with Crippen LogP contribution in [0.4, 0.5) is 16.8 Å². The number of nitrogens with one attached hydrogen (secondary N) is 1. The molecule has 0 spiro atoms. The first kappa shape index (κ1) is 23.7. The molecule has 3 rings (SSSR count). The molecule has 0 saturated carbocycles. The first-order valence-corrected chi connectivity index (χ1v) is 12.5. The van der Waals surface area contributed by atoms with E-state index in [0.29, 0.717) is 21.7 Å². The van der Waals surface area contributed by atoms with Gasteiger partial charge in [-0.25, -0.2) is 19.7 Å². The van der Waals surface area contributed by atoms with Crippen molar-refractivity contribution in [1.82, 2.24) is 19.9 Å². The predicted molar refractivity (Wildman–Crippen MR) is 126 cm³/mol. The number of carbonyl (C=O) groups excluding carboxylic acids is 1. The number of hydrogen-bond donors (Lipinski definition) is 1. The van der Waals surface area contributed by atoms with E-state index in [1.165, 1.54) is 17.5 Å². The number of aromatic nitrogens is 3. The lowest BCUT2D eigenvalue weighted by Crippen LogP contribution is -2.47. The van der Waals surface area contributed by atoms with E-state index in [1.54, 1.807) is 11.8 Å². The van der Waals surface area contributed by atoms with E-state index in [4.69, 9.17) is 9.47 Å². The van der Waals surface area contributed by atoms with Crippen molar-refractivity contribution in [3.63, 3.8) is 0 Å². The van der Waals surface area contributed by atoms with Gasteiger partial charge < -0.3 is 19.7 Å². The zero-order chi connectivity index (χ0) is 22.2. The highest BCUT2D eigenvalue weighted by atomic mass is 32.2. The first-order chi connectivity index (χ1) is 14.9. The minimum Gasteiger partial charge on any atom is -0.459 e. The maximum Gasteiger partial charge on any atom is 0.350 e. The second-order valence-corrected chi connectivity index (χ2v) is 9.25. The van der Waals surface area contributed by atoms with E-state index >= 15 is 0 Å². The Bertz CT molecular complexity index is 855. The molecule has 3 heterocycles. The fourth-order valence-corrected chi connectivity index (χ4v) is 4.11. The lowest BCUT2D eigenvalue weighted by Gasteiger charge is -2.35. The number of nitrogens with zero attached hydrogens (tertiary/aromatic N) is 5. The number of thioether (sulfide) groups is 1. The van der Waals surface area contributed by atoms with Crippen LogP contribution in [0.1, 0.15) is 29.3 Å². The fraction of sp³-hybridized carbons (Fsp3) is 0.600. The largest absolute Gasteiger partial charge is 0.459 e. The van der Waals surface area contributed by atoms with Gasteiger partial charge in [-0.3, -0.25) is 4.90 Å². The molecule has 1 aliphatic rings. The Labute approximate surface area is 191 Å². The Balaban J connectivity index is 1.57. The highest BCUT2D eigenvalue weighted by Gasteiger charge is 2.19. The lowest BCUT2D eigenvalue weighted by atomic mass is 10.3. The molecule has 0 radical (unpaired) electrons. The van der Waals surface area contributed by atoms with E-state index in [0.717, 1.165) is 51.1 Å². The third kappa shape index (κ3) is 7.30. The zero-order valence-corrected chi connectivity index (χ0v) is 20.1. The van der Waals surface area contributed by atoms with Gasteiger partial charge >= 0.3 is 5.97 Å². The summed E-state index contributed by atoms with van der Waals surface area (Å²) in [5.41, 5.74) is 0. The van der Waals surface area contributed by atoms with Crippen molar-refractivity contribution < 1.29 is 14.3 Å². The molecule has 0 amide bonds. The molecule has 9 nitrogen and oxygen atoms in total. The van der Waals surface area contributed by atoms with Gasteiger partial charge in [0.2, 0.25) is 0 Å². The number of piperazine rings is 1. The number of anilines is 3. The number of thiazole rings is 1. The predicted octanol–water partition coefficient (Wildman–Crippen LogP) is 3.01. The van der Waals surface area contributed by atoms with E-state index < -0.39 is 0 Å². The van der Waals surface area contributed by atoms with E-state index in [9.17, 15) is 4.79 Å². The smallest absolute Gasteiger partial charge is 0.350 e. The highest BCUT2D eigenvalue weighted by Crippen LogP contribution is 2.25. The molecule has 0 bridgehead atoms. The third-order valence-electron chi connectivity index (χ3n) is 4.56. The molecule has 0 atom stereocenters. The van der Waals surface area contributed by atoms with Crippen LogP contribution in [0.2, 0.25) is 0 Å². The van der Waals surface area contributed by atoms with E-state index in [2.05, 4.69) is 30.1 Å². The van der Waals surface area contributed by atoms with Gasteiger partial charge in [-0.05, 0) is 27.0 Å². The highest BCUT2D eigenvalue weighted by molar-refractivity contribution is 7.98. The molecule has 1 fully saturated rings. The molecule has 31 heavy (non-hydrogen) atoms. The van der Waals surface area contributed by atoms with Crippen LogP contribution in [-0.2, 0) is 9.47 Å². The van der Waals surface area contributed by atoms with Crippen LogP contribution in [-0.4, -0.2) is 83.5 Å². The fourth-order valence-electron chi connectivity index (χ4n) is 3.12. The van der Waals surface area contributed by atoms with Crippen molar-refractivity contribution in [2.75, 3.05) is 61.7 Å². The van der Waals surface area contributed by atoms with Crippen molar-refractivity contribution in [3.8, 4) is 0 Å². The minimum absolute atomic E-state index is 0.165. The summed E-state index contributed by atoms with van der Waals surface area (Å²) in [5, 5.41) is 3.79. The van der Waals surface area contributed by atoms with Gasteiger partial charge in [-0.2, -0.15) is 0 Å². The molecular weight excluding hydrogens is 436 g/mol. The lowest BCUT2D eigenvalue weighted by molar-refractivity contribution is 0.0383. The number of hydrogen-bond acceptors (Lipinski definition) is 11. The maximum absolute atomic E-state index is 12.0. The average Bonchev–Trinajstić information content (AvgIpc) is 3.19. The zero-order valence-electron chi connectivity index (χ0n) is 18.5. The monoisotopic (exact) mass is 466 g/mol. The van der Waals surface area contributed by atoms with Crippen molar-refractivity contribution in [2.24, 2.45) is 0 Å². The van der Waals surface area contributed by atoms with Crippen LogP contribution in [0.3, 0.4) is 0 Å². The summed E-state index contributed by atoms with van der Waals surface area (Å²) in [6, 6.07) is 1.93. The van der Waals surface area contributed by atoms with Crippen LogP contribution >= 0.6 is 23.1 Å². The summed E-state index contributed by atoms with van der Waals surface area (Å²) in [6.45, 7) is 11.0. The molecular formula is C20H30N6O3S2. The summed E-state index contributed by atoms with van der Waals surface area (Å²) in [4.78, 5) is 30.5. The Kier molecular flexibility index (Phi) is 8.88. The van der Waals surface area contributed by atoms with Crippen LogP contribution in [0.5, 0.6) is 0 Å². The quantitative estimate of drug-likeness (QED) is 0.320. The number of aryl methyl sites for hydroxylation is 1. The topological polar surface area (TPSA) is 92.7 Å². The SMILES string of the molecule is CSCOCCN1CCN(c2cc(Nc3ncc(C(=O)OC(C)C)s3)nc(C)n2)CC1. The van der Waals surface area contributed by atoms with Gasteiger partial charge in [0, 0.05) is 38.8 Å². The molecule has 1 aliphatic heterocycles. The van der Waals surface area contributed by atoms with Crippen molar-refractivity contribution >= 4 is 45.8 Å². The second kappa shape index (κ2) is 11.6. The standard InChI is InChI=1S/C20H30N6O3S2/c1-14(2)29-19(27)16-12-21-20(31-16)24-17-11-18(23-15(3)22-17)26-7-5-25(6-8-26)9-10-28-13-30-4/h11-12,14H,5-10,13H2,1-4H3,(H,21,22,23,24). The van der Waals surface area contributed by atoms with Crippen LogP contribution in [0.25, 0.3) is 0 Å². The summed E-state index contributed by atoms with van der Waals surface area (Å²) in [5.74, 6) is 2.62. The van der Waals surface area contributed by atoms with Gasteiger partial charge in [0.25, 0.3) is 0 Å². The van der Waals surface area contributed by atoms with Gasteiger partial charge in [-0.1, -0.05) is 11.3 Å². The summed E-state index contributed by atoms with van der Waals surface area (Å²) in [6.07, 6.45) is 3.40. The average molecular weight is 467 g/mol. The molecule has 2 aromatic rings. The molecule has 1 N–H and O–H groups in total. The van der Waals surface area contributed by atoms with Gasteiger partial charge in [-0.15, -0.1) is 11.8 Å². The Morgan fingerprint density at radius 3 is 2.77 bits per heavy atom. The molecule has 170 valence electrons. The third-order valence-corrected chi connectivity index (χ3v) is 5.85. The molecule has 0 aliphatic carbocycles.